The summed E-state index contributed by atoms with van der Waals surface area (Å²) < 4.78 is 34.2. The summed E-state index contributed by atoms with van der Waals surface area (Å²) in [6.45, 7) is 2.23. The van der Waals surface area contributed by atoms with Crippen LogP contribution in [-0.2, 0) is 16.5 Å². The zero-order valence-corrected chi connectivity index (χ0v) is 19.0. The maximum atomic E-state index is 11.4. The molecule has 26 heavy (non-hydrogen) atoms. The van der Waals surface area contributed by atoms with E-state index in [2.05, 4.69) is 6.92 Å². The summed E-state index contributed by atoms with van der Waals surface area (Å²) in [5.41, 5.74) is 0.968. The molecule has 0 unspecified atom stereocenters. The van der Waals surface area contributed by atoms with E-state index in [1.807, 2.05) is 24.3 Å². The van der Waals surface area contributed by atoms with Gasteiger partial charge >= 0.3 is 29.6 Å². The molecule has 138 valence electrons. The number of hydrogen-bond donors (Lipinski definition) is 0. The van der Waals surface area contributed by atoms with E-state index in [1.54, 1.807) is 6.07 Å². The van der Waals surface area contributed by atoms with Crippen LogP contribution in [0.15, 0.2) is 41.3 Å². The molecule has 0 aliphatic heterocycles. The first-order chi connectivity index (χ1) is 12.0. The van der Waals surface area contributed by atoms with Crippen LogP contribution in [0.4, 0.5) is 0 Å². The summed E-state index contributed by atoms with van der Waals surface area (Å²) in [5, 5.41) is 1.87. The molecule has 0 atom stereocenters. The molecule has 0 fully saturated rings. The van der Waals surface area contributed by atoms with Crippen molar-refractivity contribution in [2.75, 3.05) is 0 Å². The molecule has 0 aliphatic carbocycles. The van der Waals surface area contributed by atoms with Crippen LogP contribution in [0.2, 0.25) is 0 Å². The van der Waals surface area contributed by atoms with E-state index in [-0.39, 0.29) is 34.5 Å². The average Bonchev–Trinajstić information content (AvgIpc) is 2.59. The molecule has 0 aliphatic rings. The fraction of sp³-hybridized carbons (Fsp3) is 0.524. The van der Waals surface area contributed by atoms with Crippen molar-refractivity contribution in [2.45, 2.75) is 76.0 Å². The molecule has 0 spiro atoms. The Hall–Kier alpha value is -0.390. The van der Waals surface area contributed by atoms with Gasteiger partial charge in [0.2, 0.25) is 0 Å². The van der Waals surface area contributed by atoms with Crippen molar-refractivity contribution in [1.82, 2.24) is 0 Å². The molecule has 0 saturated carbocycles. The summed E-state index contributed by atoms with van der Waals surface area (Å²) in [7, 11) is -4.42. The van der Waals surface area contributed by atoms with E-state index < -0.39 is 10.1 Å². The van der Waals surface area contributed by atoms with E-state index in [0.29, 0.717) is 0 Å². The van der Waals surface area contributed by atoms with Crippen LogP contribution in [-0.4, -0.2) is 13.0 Å². The van der Waals surface area contributed by atoms with E-state index in [0.717, 1.165) is 35.6 Å². The fourth-order valence-electron chi connectivity index (χ4n) is 3.34. The van der Waals surface area contributed by atoms with Crippen LogP contribution < -0.4 is 29.6 Å². The van der Waals surface area contributed by atoms with Crippen LogP contribution in [0.5, 0.6) is 0 Å². The van der Waals surface area contributed by atoms with Crippen molar-refractivity contribution in [2.24, 2.45) is 0 Å². The average molecular weight is 385 g/mol. The fourth-order valence-corrected chi connectivity index (χ4v) is 3.89. The van der Waals surface area contributed by atoms with Gasteiger partial charge in [-0.1, -0.05) is 82.6 Å². The van der Waals surface area contributed by atoms with Crippen LogP contribution in [0.25, 0.3) is 10.8 Å². The Kier molecular flexibility index (Phi) is 11.0. The maximum Gasteiger partial charge on any atom is 1.00 e. The Bertz CT molecular complexity index is 772. The van der Waals surface area contributed by atoms with Gasteiger partial charge < -0.3 is 4.55 Å². The van der Waals surface area contributed by atoms with Gasteiger partial charge in [0.25, 0.3) is 0 Å². The molecule has 3 nitrogen and oxygen atoms in total. The number of aryl methyl sites for hydroxylation is 1. The first kappa shape index (κ1) is 23.6. The van der Waals surface area contributed by atoms with Crippen LogP contribution in [0.3, 0.4) is 0 Å². The number of unbranched alkanes of at least 4 members (excludes halogenated alkanes) is 8. The monoisotopic (exact) mass is 384 g/mol. The largest absolute Gasteiger partial charge is 1.00 e. The van der Waals surface area contributed by atoms with Gasteiger partial charge in [0.1, 0.15) is 10.1 Å². The van der Waals surface area contributed by atoms with Gasteiger partial charge in [0.05, 0.1) is 4.90 Å². The van der Waals surface area contributed by atoms with Crippen LogP contribution in [0.1, 0.15) is 70.3 Å². The van der Waals surface area contributed by atoms with Crippen molar-refractivity contribution in [3.05, 3.63) is 42.0 Å². The van der Waals surface area contributed by atoms with E-state index >= 15 is 0 Å². The molecular formula is C21H29NaO3S. The molecule has 0 bridgehead atoms. The Morgan fingerprint density at radius 2 is 1.42 bits per heavy atom. The molecule has 0 saturated heterocycles. The minimum absolute atomic E-state index is 0. The van der Waals surface area contributed by atoms with E-state index in [9.17, 15) is 13.0 Å². The maximum absolute atomic E-state index is 11.4. The van der Waals surface area contributed by atoms with Gasteiger partial charge in [-0.15, -0.1) is 0 Å². The molecule has 0 heterocycles. The van der Waals surface area contributed by atoms with Gasteiger partial charge in [-0.3, -0.25) is 0 Å². The van der Waals surface area contributed by atoms with Crippen molar-refractivity contribution < 1.29 is 42.5 Å². The Morgan fingerprint density at radius 1 is 0.846 bits per heavy atom. The smallest absolute Gasteiger partial charge is 0.744 e. The topological polar surface area (TPSA) is 57.2 Å². The molecule has 2 aromatic rings. The quantitative estimate of drug-likeness (QED) is 0.340. The number of fused-ring (bicyclic) bond motifs is 1. The van der Waals surface area contributed by atoms with Gasteiger partial charge in [-0.05, 0) is 41.3 Å². The molecule has 0 radical (unpaired) electrons. The second-order valence-corrected chi connectivity index (χ2v) is 8.22. The first-order valence-corrected chi connectivity index (χ1v) is 10.9. The molecule has 2 rings (SSSR count). The summed E-state index contributed by atoms with van der Waals surface area (Å²) in [6, 6.07) is 10.7. The summed E-state index contributed by atoms with van der Waals surface area (Å²) in [4.78, 5) is -0.114. The van der Waals surface area contributed by atoms with Crippen molar-refractivity contribution in [1.29, 1.82) is 0 Å². The van der Waals surface area contributed by atoms with E-state index in [4.69, 9.17) is 0 Å². The van der Waals surface area contributed by atoms with E-state index in [1.165, 1.54) is 51.0 Å². The SMILES string of the molecule is CCCCCCCCCCCc1cc(S(=O)(=O)[O-])cc2ccccc12.[Na+]. The predicted molar refractivity (Wildman–Crippen MR) is 103 cm³/mol. The molecule has 2 aromatic carbocycles. The number of benzene rings is 2. The zero-order chi connectivity index (χ0) is 18.1. The van der Waals surface area contributed by atoms with Gasteiger partial charge in [-0.2, -0.15) is 0 Å². The second-order valence-electron chi connectivity index (χ2n) is 6.84. The standard InChI is InChI=1S/C21H30O3S.Na/c1-2-3-4-5-6-7-8-9-10-13-18-16-20(25(22,23)24)17-19-14-11-12-15-21(18)19;/h11-12,14-17H,2-10,13H2,1H3,(H,22,23,24);/q;+1/p-1. The minimum atomic E-state index is -4.42. The Balaban J connectivity index is 0.00000338. The normalized spacial score (nSPS) is 11.5. The number of rotatable bonds is 11. The minimum Gasteiger partial charge on any atom is -0.744 e. The van der Waals surface area contributed by atoms with Crippen LogP contribution in [0, 0.1) is 0 Å². The van der Waals surface area contributed by atoms with Crippen LogP contribution >= 0.6 is 0 Å². The Morgan fingerprint density at radius 3 is 2.04 bits per heavy atom. The molecular weight excluding hydrogens is 355 g/mol. The molecule has 0 amide bonds. The third-order valence-electron chi connectivity index (χ3n) is 4.76. The third-order valence-corrected chi connectivity index (χ3v) is 5.57. The summed E-state index contributed by atoms with van der Waals surface area (Å²) in [6.07, 6.45) is 12.1. The number of hydrogen-bond acceptors (Lipinski definition) is 3. The predicted octanol–water partition coefficient (Wildman–Crippen LogP) is 2.82. The first-order valence-electron chi connectivity index (χ1n) is 9.50. The summed E-state index contributed by atoms with van der Waals surface area (Å²) >= 11 is 0. The second kappa shape index (κ2) is 12.1. The Labute approximate surface area is 180 Å². The van der Waals surface area contributed by atoms with Crippen molar-refractivity contribution >= 4 is 20.9 Å². The van der Waals surface area contributed by atoms with Gasteiger partial charge in [-0.25, -0.2) is 8.42 Å². The zero-order valence-electron chi connectivity index (χ0n) is 16.2. The van der Waals surface area contributed by atoms with Crippen molar-refractivity contribution in [3.8, 4) is 0 Å². The molecule has 5 heteroatoms. The van der Waals surface area contributed by atoms with Crippen molar-refractivity contribution in [3.63, 3.8) is 0 Å². The molecule has 0 N–H and O–H groups in total. The van der Waals surface area contributed by atoms with Gasteiger partial charge in [0, 0.05) is 0 Å². The molecule has 0 aromatic heterocycles. The van der Waals surface area contributed by atoms with Gasteiger partial charge in [0.15, 0.2) is 0 Å². The third kappa shape index (κ3) is 7.69. The summed E-state index contributed by atoms with van der Waals surface area (Å²) in [5.74, 6) is 0.